The van der Waals surface area contributed by atoms with E-state index < -0.39 is 0 Å². The van der Waals surface area contributed by atoms with Crippen LogP contribution in [0.3, 0.4) is 0 Å². The van der Waals surface area contributed by atoms with Gasteiger partial charge in [-0.05, 0) is 26.0 Å². The van der Waals surface area contributed by atoms with Gasteiger partial charge in [0.2, 0.25) is 0 Å². The van der Waals surface area contributed by atoms with Gasteiger partial charge in [-0.2, -0.15) is 5.26 Å². The first-order valence-electron chi connectivity index (χ1n) is 4.73. The van der Waals surface area contributed by atoms with Crippen molar-refractivity contribution in [2.45, 2.75) is 13.8 Å². The number of anilines is 1. The topological polar surface area (TPSA) is 75.6 Å². The number of nitrogen functional groups attached to an aromatic ring is 1. The largest absolute Gasteiger partial charge is 0.382 e. The summed E-state index contributed by atoms with van der Waals surface area (Å²) in [6, 6.07) is 5.70. The summed E-state index contributed by atoms with van der Waals surface area (Å²) < 4.78 is 0. The monoisotopic (exact) mass is 230 g/mol. The third kappa shape index (κ3) is 1.75. The second-order valence-electron chi connectivity index (χ2n) is 3.40. The summed E-state index contributed by atoms with van der Waals surface area (Å²) in [5.74, 6) is 0.412. The van der Waals surface area contributed by atoms with Crippen molar-refractivity contribution in [3.8, 4) is 16.6 Å². The number of rotatable bonds is 1. The number of hydrogen-bond donors (Lipinski definition) is 1. The van der Waals surface area contributed by atoms with Crippen molar-refractivity contribution in [3.05, 3.63) is 28.4 Å². The first kappa shape index (κ1) is 10.6. The second-order valence-corrected chi connectivity index (χ2v) is 4.49. The van der Waals surface area contributed by atoms with Crippen LogP contribution < -0.4 is 5.73 Å². The lowest BCUT2D eigenvalue weighted by molar-refractivity contribution is 1.06. The minimum absolute atomic E-state index is 0.412. The maximum atomic E-state index is 8.76. The van der Waals surface area contributed by atoms with Crippen LogP contribution in [0.4, 0.5) is 5.82 Å². The number of aromatic nitrogens is 2. The Morgan fingerprint density at radius 2 is 1.94 bits per heavy atom. The highest BCUT2D eigenvalue weighted by atomic mass is 32.1. The molecule has 0 aliphatic heterocycles. The van der Waals surface area contributed by atoms with Gasteiger partial charge >= 0.3 is 0 Å². The Balaban J connectivity index is 2.56. The highest BCUT2D eigenvalue weighted by Crippen LogP contribution is 2.29. The molecular formula is C11H10N4S. The fraction of sp³-hybridized carbons (Fsp3) is 0.182. The van der Waals surface area contributed by atoms with E-state index in [-0.39, 0.29) is 0 Å². The Labute approximate surface area is 97.4 Å². The van der Waals surface area contributed by atoms with Crippen LogP contribution in [0.15, 0.2) is 12.1 Å². The van der Waals surface area contributed by atoms with Gasteiger partial charge in [0.05, 0.1) is 16.3 Å². The molecule has 0 aliphatic carbocycles. The van der Waals surface area contributed by atoms with Gasteiger partial charge in [0.1, 0.15) is 16.6 Å². The molecule has 2 aromatic heterocycles. The molecule has 4 nitrogen and oxygen atoms in total. The lowest BCUT2D eigenvalue weighted by atomic mass is 10.3. The zero-order valence-corrected chi connectivity index (χ0v) is 9.80. The highest BCUT2D eigenvalue weighted by molar-refractivity contribution is 7.16. The summed E-state index contributed by atoms with van der Waals surface area (Å²) in [6.07, 6.45) is 0. The predicted octanol–water partition coefficient (Wildman–Crippen LogP) is 2.28. The number of aryl methyl sites for hydroxylation is 2. The molecule has 0 atom stereocenters. The van der Waals surface area contributed by atoms with E-state index in [0.29, 0.717) is 16.4 Å². The van der Waals surface area contributed by atoms with Crippen molar-refractivity contribution in [1.29, 1.82) is 5.26 Å². The summed E-state index contributed by atoms with van der Waals surface area (Å²) >= 11 is 1.37. The predicted molar refractivity (Wildman–Crippen MR) is 63.9 cm³/mol. The molecule has 5 heteroatoms. The van der Waals surface area contributed by atoms with E-state index in [9.17, 15) is 0 Å². The molecule has 2 N–H and O–H groups in total. The first-order chi connectivity index (χ1) is 7.61. The number of hydrogen-bond acceptors (Lipinski definition) is 5. The van der Waals surface area contributed by atoms with Gasteiger partial charge < -0.3 is 5.73 Å². The van der Waals surface area contributed by atoms with Crippen LogP contribution in [0, 0.1) is 25.2 Å². The molecule has 2 heterocycles. The lowest BCUT2D eigenvalue weighted by Crippen LogP contribution is -2.01. The summed E-state index contributed by atoms with van der Waals surface area (Å²) in [6.45, 7) is 3.77. The third-order valence-electron chi connectivity index (χ3n) is 2.28. The van der Waals surface area contributed by atoms with E-state index >= 15 is 0 Å². The maximum absolute atomic E-state index is 8.76. The van der Waals surface area contributed by atoms with Gasteiger partial charge in [-0.15, -0.1) is 11.3 Å². The molecule has 0 radical (unpaired) electrons. The molecule has 0 saturated carbocycles. The third-order valence-corrected chi connectivity index (χ3v) is 3.28. The Bertz CT molecular complexity index is 580. The number of nitrogens with two attached hydrogens (primary N) is 1. The fourth-order valence-electron chi connectivity index (χ4n) is 1.33. The Morgan fingerprint density at radius 3 is 2.56 bits per heavy atom. The van der Waals surface area contributed by atoms with Crippen molar-refractivity contribution in [3.63, 3.8) is 0 Å². The van der Waals surface area contributed by atoms with E-state index in [4.69, 9.17) is 11.0 Å². The Morgan fingerprint density at radius 1 is 1.25 bits per heavy atom. The number of nitriles is 1. The zero-order valence-electron chi connectivity index (χ0n) is 8.98. The van der Waals surface area contributed by atoms with Crippen molar-refractivity contribution in [1.82, 2.24) is 9.97 Å². The van der Waals surface area contributed by atoms with Crippen LogP contribution in [-0.2, 0) is 0 Å². The molecule has 0 bridgehead atoms. The quantitative estimate of drug-likeness (QED) is 0.815. The van der Waals surface area contributed by atoms with Gasteiger partial charge in [-0.3, -0.25) is 0 Å². The minimum atomic E-state index is 0.412. The van der Waals surface area contributed by atoms with E-state index in [1.54, 1.807) is 6.07 Å². The molecule has 0 aromatic carbocycles. The summed E-state index contributed by atoms with van der Waals surface area (Å²) in [4.78, 5) is 10.2. The van der Waals surface area contributed by atoms with Crippen LogP contribution in [0.1, 0.15) is 16.3 Å². The fourth-order valence-corrected chi connectivity index (χ4v) is 2.13. The van der Waals surface area contributed by atoms with Gasteiger partial charge in [0.15, 0.2) is 5.82 Å². The molecule has 0 saturated heterocycles. The highest BCUT2D eigenvalue weighted by Gasteiger charge is 2.10. The second kappa shape index (κ2) is 3.91. The zero-order chi connectivity index (χ0) is 11.7. The first-order valence-corrected chi connectivity index (χ1v) is 5.54. The Kier molecular flexibility index (Phi) is 2.59. The molecule has 0 aliphatic rings. The van der Waals surface area contributed by atoms with Gasteiger partial charge in [0.25, 0.3) is 0 Å². The molecule has 2 aromatic rings. The standard InChI is InChI=1S/C11H10N4S/c1-6-7(2)15-11(13)10(14-6)9-4-3-8(5-12)16-9/h3-4H,1-2H3,(H2,13,15). The lowest BCUT2D eigenvalue weighted by Gasteiger charge is -2.05. The Hall–Kier alpha value is -1.93. The smallest absolute Gasteiger partial charge is 0.151 e. The molecule has 80 valence electrons. The van der Waals surface area contributed by atoms with E-state index in [1.807, 2.05) is 19.9 Å². The molecule has 0 fully saturated rings. The van der Waals surface area contributed by atoms with Gasteiger partial charge in [-0.1, -0.05) is 0 Å². The maximum Gasteiger partial charge on any atom is 0.151 e. The minimum Gasteiger partial charge on any atom is -0.382 e. The van der Waals surface area contributed by atoms with Crippen molar-refractivity contribution in [2.75, 3.05) is 5.73 Å². The van der Waals surface area contributed by atoms with Crippen LogP contribution in [0.25, 0.3) is 10.6 Å². The van der Waals surface area contributed by atoms with Crippen molar-refractivity contribution in [2.24, 2.45) is 0 Å². The SMILES string of the molecule is Cc1nc(N)c(-c2ccc(C#N)s2)nc1C. The van der Waals surface area contributed by atoms with Crippen LogP contribution >= 0.6 is 11.3 Å². The molecule has 0 unspecified atom stereocenters. The molecule has 2 rings (SSSR count). The van der Waals surface area contributed by atoms with Crippen LogP contribution in [0.5, 0.6) is 0 Å². The number of thiophene rings is 1. The molecular weight excluding hydrogens is 220 g/mol. The van der Waals surface area contributed by atoms with Crippen molar-refractivity contribution >= 4 is 17.2 Å². The van der Waals surface area contributed by atoms with Crippen LogP contribution in [0.2, 0.25) is 0 Å². The van der Waals surface area contributed by atoms with Crippen LogP contribution in [-0.4, -0.2) is 9.97 Å². The average Bonchev–Trinajstić information content (AvgIpc) is 2.71. The number of nitrogens with zero attached hydrogens (tertiary/aromatic N) is 3. The van der Waals surface area contributed by atoms with E-state index in [1.165, 1.54) is 11.3 Å². The molecule has 0 spiro atoms. The summed E-state index contributed by atoms with van der Waals surface area (Å²) in [7, 11) is 0. The van der Waals surface area contributed by atoms with E-state index in [2.05, 4.69) is 16.0 Å². The van der Waals surface area contributed by atoms with E-state index in [0.717, 1.165) is 16.3 Å². The van der Waals surface area contributed by atoms with Gasteiger partial charge in [0, 0.05) is 0 Å². The van der Waals surface area contributed by atoms with Crippen molar-refractivity contribution < 1.29 is 0 Å². The average molecular weight is 230 g/mol. The summed E-state index contributed by atoms with van der Waals surface area (Å²) in [5.41, 5.74) is 8.17. The molecule has 16 heavy (non-hydrogen) atoms. The molecule has 0 amide bonds. The van der Waals surface area contributed by atoms with Gasteiger partial charge in [-0.25, -0.2) is 9.97 Å². The summed E-state index contributed by atoms with van der Waals surface area (Å²) in [5, 5.41) is 8.76. The normalized spacial score (nSPS) is 10.1.